The second-order valence-electron chi connectivity index (χ2n) is 5.71. The van der Waals surface area contributed by atoms with E-state index >= 15 is 0 Å². The number of amides is 1. The van der Waals surface area contributed by atoms with Crippen LogP contribution in [0.4, 0.5) is 0 Å². The highest BCUT2D eigenvalue weighted by atomic mass is 16.5. The van der Waals surface area contributed by atoms with Crippen LogP contribution in [0.15, 0.2) is 48.5 Å². The highest BCUT2D eigenvalue weighted by Crippen LogP contribution is 2.17. The largest absolute Gasteiger partial charge is 0.497 e. The molecule has 0 saturated heterocycles. The van der Waals surface area contributed by atoms with Gasteiger partial charge in [-0.3, -0.25) is 4.79 Å². The van der Waals surface area contributed by atoms with Gasteiger partial charge in [0.25, 0.3) is 5.91 Å². The van der Waals surface area contributed by atoms with E-state index in [-0.39, 0.29) is 17.2 Å². The van der Waals surface area contributed by atoms with Crippen molar-refractivity contribution in [2.45, 2.75) is 13.0 Å². The van der Waals surface area contributed by atoms with Gasteiger partial charge in [-0.15, -0.1) is 0 Å². The Hall–Kier alpha value is -3.35. The standard InChI is InChI=1S/C20H21NO6/c1-13(14-7-9-17(25-2)10-8-14)21-18(22)12-27-20(24)16-6-4-5-15(11-16)19(23)26-3/h4-11,13H,12H2,1-3H3,(H,21,22)/t13-/m1/s1. The van der Waals surface area contributed by atoms with Crippen LogP contribution in [0, 0.1) is 0 Å². The molecule has 0 aliphatic carbocycles. The zero-order valence-corrected chi connectivity index (χ0v) is 15.4. The van der Waals surface area contributed by atoms with E-state index in [0.29, 0.717) is 0 Å². The van der Waals surface area contributed by atoms with Crippen molar-refractivity contribution in [3.8, 4) is 5.75 Å². The van der Waals surface area contributed by atoms with E-state index < -0.39 is 24.5 Å². The third-order valence-corrected chi connectivity index (χ3v) is 3.85. The number of ether oxygens (including phenoxy) is 3. The van der Waals surface area contributed by atoms with Gasteiger partial charge in [-0.1, -0.05) is 18.2 Å². The number of hydrogen-bond acceptors (Lipinski definition) is 6. The van der Waals surface area contributed by atoms with E-state index in [9.17, 15) is 14.4 Å². The van der Waals surface area contributed by atoms with Gasteiger partial charge in [0.1, 0.15) is 5.75 Å². The van der Waals surface area contributed by atoms with Crippen LogP contribution in [0.3, 0.4) is 0 Å². The minimum Gasteiger partial charge on any atom is -0.497 e. The molecule has 7 nitrogen and oxygen atoms in total. The summed E-state index contributed by atoms with van der Waals surface area (Å²) >= 11 is 0. The van der Waals surface area contributed by atoms with E-state index in [0.717, 1.165) is 11.3 Å². The Kier molecular flexibility index (Phi) is 6.93. The van der Waals surface area contributed by atoms with Crippen LogP contribution in [-0.4, -0.2) is 38.7 Å². The van der Waals surface area contributed by atoms with Crippen molar-refractivity contribution >= 4 is 17.8 Å². The summed E-state index contributed by atoms with van der Waals surface area (Å²) in [4.78, 5) is 35.6. The third-order valence-electron chi connectivity index (χ3n) is 3.85. The Morgan fingerprint density at radius 3 is 2.19 bits per heavy atom. The lowest BCUT2D eigenvalue weighted by Gasteiger charge is -2.15. The quantitative estimate of drug-likeness (QED) is 0.752. The SMILES string of the molecule is COC(=O)c1cccc(C(=O)OCC(=O)N[C@H](C)c2ccc(OC)cc2)c1. The molecule has 0 spiro atoms. The van der Waals surface area contributed by atoms with Crippen LogP contribution in [0.25, 0.3) is 0 Å². The predicted molar refractivity (Wildman–Crippen MR) is 97.6 cm³/mol. The van der Waals surface area contributed by atoms with E-state index in [1.807, 2.05) is 19.1 Å². The maximum Gasteiger partial charge on any atom is 0.338 e. The van der Waals surface area contributed by atoms with Crippen LogP contribution in [-0.2, 0) is 14.3 Å². The monoisotopic (exact) mass is 371 g/mol. The molecule has 0 radical (unpaired) electrons. The Morgan fingerprint density at radius 2 is 1.59 bits per heavy atom. The maximum atomic E-state index is 12.1. The van der Waals surface area contributed by atoms with Gasteiger partial charge in [0.15, 0.2) is 6.61 Å². The van der Waals surface area contributed by atoms with Crippen LogP contribution in [0.1, 0.15) is 39.2 Å². The Balaban J connectivity index is 1.89. The fourth-order valence-corrected chi connectivity index (χ4v) is 2.36. The summed E-state index contributed by atoms with van der Waals surface area (Å²) in [6.07, 6.45) is 0. The molecule has 2 rings (SSSR count). The lowest BCUT2D eigenvalue weighted by atomic mass is 10.1. The molecular formula is C20H21NO6. The fourth-order valence-electron chi connectivity index (χ4n) is 2.36. The number of benzene rings is 2. The van der Waals surface area contributed by atoms with Crippen molar-refractivity contribution in [2.24, 2.45) is 0 Å². The number of carbonyl (C=O) groups excluding carboxylic acids is 3. The first kappa shape index (κ1) is 20.0. The highest BCUT2D eigenvalue weighted by molar-refractivity contribution is 5.96. The summed E-state index contributed by atoms with van der Waals surface area (Å²) in [7, 11) is 2.83. The van der Waals surface area contributed by atoms with Gasteiger partial charge >= 0.3 is 11.9 Å². The third kappa shape index (κ3) is 5.57. The van der Waals surface area contributed by atoms with Gasteiger partial charge in [-0.05, 0) is 42.8 Å². The summed E-state index contributed by atoms with van der Waals surface area (Å²) in [6.45, 7) is 1.39. The molecule has 142 valence electrons. The smallest absolute Gasteiger partial charge is 0.338 e. The number of nitrogens with one attached hydrogen (secondary N) is 1. The minimum atomic E-state index is -0.701. The Bertz CT molecular complexity index is 815. The molecule has 0 aromatic heterocycles. The lowest BCUT2D eigenvalue weighted by Crippen LogP contribution is -2.31. The van der Waals surface area contributed by atoms with Crippen molar-refractivity contribution in [3.05, 3.63) is 65.2 Å². The van der Waals surface area contributed by atoms with Crippen molar-refractivity contribution in [1.82, 2.24) is 5.32 Å². The van der Waals surface area contributed by atoms with Crippen LogP contribution < -0.4 is 10.1 Å². The molecule has 0 heterocycles. The van der Waals surface area contributed by atoms with Crippen molar-refractivity contribution in [1.29, 1.82) is 0 Å². The molecule has 1 amide bonds. The first-order valence-corrected chi connectivity index (χ1v) is 8.23. The molecule has 2 aromatic carbocycles. The van der Waals surface area contributed by atoms with Crippen LogP contribution in [0.2, 0.25) is 0 Å². The first-order valence-electron chi connectivity index (χ1n) is 8.23. The number of carbonyl (C=O) groups is 3. The molecule has 7 heteroatoms. The molecule has 0 aliphatic rings. The molecule has 1 atom stereocenters. The molecule has 0 unspecified atom stereocenters. The normalized spacial score (nSPS) is 11.2. The van der Waals surface area contributed by atoms with Crippen molar-refractivity contribution < 1.29 is 28.6 Å². The van der Waals surface area contributed by atoms with Gasteiger partial charge in [0, 0.05) is 0 Å². The van der Waals surface area contributed by atoms with Crippen molar-refractivity contribution in [3.63, 3.8) is 0 Å². The first-order chi connectivity index (χ1) is 12.9. The van der Waals surface area contributed by atoms with Crippen molar-refractivity contribution in [2.75, 3.05) is 20.8 Å². The topological polar surface area (TPSA) is 90.9 Å². The van der Waals surface area contributed by atoms with E-state index in [4.69, 9.17) is 9.47 Å². The highest BCUT2D eigenvalue weighted by Gasteiger charge is 2.15. The number of rotatable bonds is 7. The average molecular weight is 371 g/mol. The molecule has 1 N–H and O–H groups in total. The summed E-state index contributed by atoms with van der Waals surface area (Å²) in [5.74, 6) is -0.972. The fraction of sp³-hybridized carbons (Fsp3) is 0.250. The van der Waals surface area contributed by atoms with Gasteiger partial charge in [0.2, 0.25) is 0 Å². The zero-order valence-electron chi connectivity index (χ0n) is 15.4. The molecular weight excluding hydrogens is 350 g/mol. The Morgan fingerprint density at radius 1 is 0.963 bits per heavy atom. The van der Waals surface area contributed by atoms with Crippen LogP contribution in [0.5, 0.6) is 5.75 Å². The minimum absolute atomic E-state index is 0.161. The van der Waals surface area contributed by atoms with Gasteiger partial charge in [-0.2, -0.15) is 0 Å². The maximum absolute atomic E-state index is 12.1. The van der Waals surface area contributed by atoms with Gasteiger partial charge < -0.3 is 19.5 Å². The van der Waals surface area contributed by atoms with Crippen LogP contribution >= 0.6 is 0 Å². The summed E-state index contributed by atoms with van der Waals surface area (Å²) < 4.78 is 14.7. The van der Waals surface area contributed by atoms with Gasteiger partial charge in [-0.25, -0.2) is 9.59 Å². The number of esters is 2. The molecule has 0 saturated carbocycles. The molecule has 2 aromatic rings. The zero-order chi connectivity index (χ0) is 19.8. The Labute approximate surface area is 157 Å². The van der Waals surface area contributed by atoms with E-state index in [1.54, 1.807) is 19.2 Å². The summed E-state index contributed by atoms with van der Waals surface area (Å²) in [6, 6.07) is 12.9. The average Bonchev–Trinajstić information content (AvgIpc) is 2.71. The molecule has 0 bridgehead atoms. The summed E-state index contributed by atoms with van der Waals surface area (Å²) in [5.41, 5.74) is 1.28. The molecule has 0 aliphatic heterocycles. The van der Waals surface area contributed by atoms with E-state index in [2.05, 4.69) is 10.1 Å². The van der Waals surface area contributed by atoms with Gasteiger partial charge in [0.05, 0.1) is 31.4 Å². The predicted octanol–water partition coefficient (Wildman–Crippen LogP) is 2.52. The molecule has 27 heavy (non-hydrogen) atoms. The number of methoxy groups -OCH3 is 2. The summed E-state index contributed by atoms with van der Waals surface area (Å²) in [5, 5.41) is 2.75. The second-order valence-corrected chi connectivity index (χ2v) is 5.71. The molecule has 0 fully saturated rings. The second kappa shape index (κ2) is 9.38. The van der Waals surface area contributed by atoms with E-state index in [1.165, 1.54) is 31.4 Å². The number of hydrogen-bond donors (Lipinski definition) is 1. The lowest BCUT2D eigenvalue weighted by molar-refractivity contribution is -0.124.